The summed E-state index contributed by atoms with van der Waals surface area (Å²) < 4.78 is 5.66. The summed E-state index contributed by atoms with van der Waals surface area (Å²) in [5.74, 6) is 1.48. The number of nitrogens with zero attached hydrogens (tertiary/aromatic N) is 1. The summed E-state index contributed by atoms with van der Waals surface area (Å²) in [7, 11) is 0. The first kappa shape index (κ1) is 18.7. The maximum Gasteiger partial charge on any atom is 0.265 e. The van der Waals surface area contributed by atoms with E-state index < -0.39 is 6.10 Å². The van der Waals surface area contributed by atoms with E-state index in [1.807, 2.05) is 78.9 Å². The molecule has 146 valence electrons. The second-order valence-electron chi connectivity index (χ2n) is 6.96. The number of rotatable bonds is 7. The van der Waals surface area contributed by atoms with Crippen LogP contribution >= 0.6 is 0 Å². The van der Waals surface area contributed by atoms with Crippen molar-refractivity contribution in [2.45, 2.75) is 25.9 Å². The summed E-state index contributed by atoms with van der Waals surface area (Å²) in [5, 5.41) is 2.90. The first-order valence-electron chi connectivity index (χ1n) is 9.72. The number of carbonyl (C=O) groups is 1. The van der Waals surface area contributed by atoms with Crippen molar-refractivity contribution in [2.24, 2.45) is 0 Å². The molecule has 2 N–H and O–H groups in total. The van der Waals surface area contributed by atoms with Crippen LogP contribution in [-0.4, -0.2) is 22.0 Å². The van der Waals surface area contributed by atoms with Crippen LogP contribution in [0.5, 0.6) is 5.75 Å². The van der Waals surface area contributed by atoms with E-state index in [2.05, 4.69) is 15.3 Å². The smallest absolute Gasteiger partial charge is 0.265 e. The minimum absolute atomic E-state index is 0.177. The lowest BCUT2D eigenvalue weighted by molar-refractivity contribution is -0.122. The lowest BCUT2D eigenvalue weighted by Crippen LogP contribution is -2.30. The highest BCUT2D eigenvalue weighted by Gasteiger charge is 2.14. The number of ether oxygens (including phenoxy) is 1. The summed E-state index contributed by atoms with van der Waals surface area (Å²) >= 11 is 0. The number of anilines is 1. The Balaban J connectivity index is 1.30. The van der Waals surface area contributed by atoms with Gasteiger partial charge in [-0.1, -0.05) is 42.5 Å². The second kappa shape index (κ2) is 8.61. The van der Waals surface area contributed by atoms with E-state index in [0.717, 1.165) is 35.4 Å². The first-order valence-corrected chi connectivity index (χ1v) is 9.72. The van der Waals surface area contributed by atoms with Crippen LogP contribution in [0.25, 0.3) is 11.0 Å². The SMILES string of the molecule is CC(Oc1ccccc1)C(=O)Nc1ccc(CCc2nc3ccccc3[nH]2)cc1. The van der Waals surface area contributed by atoms with Gasteiger partial charge in [-0.15, -0.1) is 0 Å². The zero-order valence-corrected chi connectivity index (χ0v) is 16.3. The lowest BCUT2D eigenvalue weighted by Gasteiger charge is -2.14. The third kappa shape index (κ3) is 4.82. The van der Waals surface area contributed by atoms with Gasteiger partial charge in [-0.2, -0.15) is 0 Å². The van der Waals surface area contributed by atoms with Crippen molar-refractivity contribution in [3.8, 4) is 5.75 Å². The fraction of sp³-hybridized carbons (Fsp3) is 0.167. The van der Waals surface area contributed by atoms with Gasteiger partial charge in [-0.3, -0.25) is 4.79 Å². The Bertz CT molecular complexity index is 1060. The summed E-state index contributed by atoms with van der Waals surface area (Å²) in [6.07, 6.45) is 1.13. The molecule has 4 aromatic rings. The number of imidazole rings is 1. The number of amides is 1. The van der Waals surface area contributed by atoms with E-state index in [4.69, 9.17) is 4.74 Å². The Labute approximate surface area is 169 Å². The number of nitrogens with one attached hydrogen (secondary N) is 2. The topological polar surface area (TPSA) is 67.0 Å². The number of carbonyl (C=O) groups excluding carboxylic acids is 1. The van der Waals surface area contributed by atoms with E-state index in [1.165, 1.54) is 5.56 Å². The minimum atomic E-state index is -0.579. The number of para-hydroxylation sites is 3. The highest BCUT2D eigenvalue weighted by molar-refractivity contribution is 5.94. The van der Waals surface area contributed by atoms with E-state index in [-0.39, 0.29) is 5.91 Å². The van der Waals surface area contributed by atoms with Crippen LogP contribution in [0.1, 0.15) is 18.3 Å². The number of aromatic amines is 1. The molecule has 1 atom stereocenters. The molecule has 0 radical (unpaired) electrons. The molecule has 1 amide bonds. The molecular formula is C24H23N3O2. The average Bonchev–Trinajstić information content (AvgIpc) is 3.17. The van der Waals surface area contributed by atoms with Crippen LogP contribution in [0.2, 0.25) is 0 Å². The minimum Gasteiger partial charge on any atom is -0.481 e. The van der Waals surface area contributed by atoms with E-state index in [9.17, 15) is 4.79 Å². The van der Waals surface area contributed by atoms with Crippen molar-refractivity contribution < 1.29 is 9.53 Å². The largest absolute Gasteiger partial charge is 0.481 e. The normalized spacial score (nSPS) is 11.9. The summed E-state index contributed by atoms with van der Waals surface area (Å²) in [5.41, 5.74) is 4.00. The Morgan fingerprint density at radius 2 is 1.69 bits per heavy atom. The molecule has 3 aromatic carbocycles. The Kier molecular flexibility index (Phi) is 5.56. The van der Waals surface area contributed by atoms with Crippen LogP contribution in [0.3, 0.4) is 0 Å². The summed E-state index contributed by atoms with van der Waals surface area (Å²) in [6.45, 7) is 1.74. The van der Waals surface area contributed by atoms with Crippen LogP contribution in [0.4, 0.5) is 5.69 Å². The lowest BCUT2D eigenvalue weighted by atomic mass is 10.1. The van der Waals surface area contributed by atoms with E-state index >= 15 is 0 Å². The fourth-order valence-corrected chi connectivity index (χ4v) is 3.14. The maximum absolute atomic E-state index is 12.3. The molecule has 0 bridgehead atoms. The molecule has 0 aliphatic heterocycles. The standard InChI is InChI=1S/C24H23N3O2/c1-17(29-20-7-3-2-4-8-20)24(28)25-19-14-11-18(12-15-19)13-16-23-26-21-9-5-6-10-22(21)27-23/h2-12,14-15,17H,13,16H2,1H3,(H,25,28)(H,26,27). The van der Waals surface area contributed by atoms with Crippen LogP contribution in [0.15, 0.2) is 78.9 Å². The molecule has 0 spiro atoms. The molecule has 29 heavy (non-hydrogen) atoms. The van der Waals surface area contributed by atoms with Gasteiger partial charge in [0, 0.05) is 12.1 Å². The van der Waals surface area contributed by atoms with Gasteiger partial charge in [-0.05, 0) is 55.3 Å². The van der Waals surface area contributed by atoms with Crippen molar-refractivity contribution >= 4 is 22.6 Å². The maximum atomic E-state index is 12.3. The van der Waals surface area contributed by atoms with Gasteiger partial charge < -0.3 is 15.0 Å². The van der Waals surface area contributed by atoms with E-state index in [1.54, 1.807) is 6.92 Å². The summed E-state index contributed by atoms with van der Waals surface area (Å²) in [6, 6.07) is 25.3. The zero-order valence-electron chi connectivity index (χ0n) is 16.3. The van der Waals surface area contributed by atoms with Crippen molar-refractivity contribution in [1.29, 1.82) is 0 Å². The Morgan fingerprint density at radius 3 is 2.45 bits per heavy atom. The average molecular weight is 385 g/mol. The molecule has 0 saturated heterocycles. The quantitative estimate of drug-likeness (QED) is 0.482. The van der Waals surface area contributed by atoms with Crippen LogP contribution in [-0.2, 0) is 17.6 Å². The first-order chi connectivity index (χ1) is 14.2. The molecule has 0 saturated carbocycles. The number of H-pyrrole nitrogens is 1. The molecule has 5 heteroatoms. The molecule has 0 fully saturated rings. The number of benzene rings is 3. The van der Waals surface area contributed by atoms with Crippen LogP contribution < -0.4 is 10.1 Å². The molecule has 1 heterocycles. The van der Waals surface area contributed by atoms with Crippen LogP contribution in [0, 0.1) is 0 Å². The second-order valence-corrected chi connectivity index (χ2v) is 6.96. The zero-order chi connectivity index (χ0) is 20.1. The molecule has 1 aromatic heterocycles. The van der Waals surface area contributed by atoms with Crippen molar-refractivity contribution in [3.63, 3.8) is 0 Å². The van der Waals surface area contributed by atoms with E-state index in [0.29, 0.717) is 5.75 Å². The highest BCUT2D eigenvalue weighted by atomic mass is 16.5. The van der Waals surface area contributed by atoms with Gasteiger partial charge in [0.15, 0.2) is 6.10 Å². The third-order valence-electron chi connectivity index (χ3n) is 4.74. The molecule has 0 aliphatic carbocycles. The van der Waals surface area contributed by atoms with Gasteiger partial charge in [0.25, 0.3) is 5.91 Å². The van der Waals surface area contributed by atoms with Crippen molar-refractivity contribution in [2.75, 3.05) is 5.32 Å². The molecule has 1 unspecified atom stereocenters. The predicted molar refractivity (Wildman–Crippen MR) is 115 cm³/mol. The van der Waals surface area contributed by atoms with Gasteiger partial charge in [0.2, 0.25) is 0 Å². The number of aromatic nitrogens is 2. The van der Waals surface area contributed by atoms with Gasteiger partial charge in [0.1, 0.15) is 11.6 Å². The third-order valence-corrected chi connectivity index (χ3v) is 4.74. The van der Waals surface area contributed by atoms with Gasteiger partial charge in [0.05, 0.1) is 11.0 Å². The van der Waals surface area contributed by atoms with Crippen molar-refractivity contribution in [3.05, 3.63) is 90.3 Å². The molecule has 0 aliphatic rings. The predicted octanol–water partition coefficient (Wildman–Crippen LogP) is 4.75. The van der Waals surface area contributed by atoms with Crippen molar-refractivity contribution in [1.82, 2.24) is 9.97 Å². The van der Waals surface area contributed by atoms with Gasteiger partial charge in [-0.25, -0.2) is 4.98 Å². The molecule has 4 rings (SSSR count). The monoisotopic (exact) mass is 385 g/mol. The summed E-state index contributed by atoms with van der Waals surface area (Å²) in [4.78, 5) is 20.3. The van der Waals surface area contributed by atoms with Gasteiger partial charge >= 0.3 is 0 Å². The number of hydrogen-bond acceptors (Lipinski definition) is 3. The molecule has 5 nitrogen and oxygen atoms in total. The number of fused-ring (bicyclic) bond motifs is 1. The fourth-order valence-electron chi connectivity index (χ4n) is 3.14. The Hall–Kier alpha value is -3.60. The molecular weight excluding hydrogens is 362 g/mol. The number of aryl methyl sites for hydroxylation is 2. The highest BCUT2D eigenvalue weighted by Crippen LogP contribution is 2.16. The number of hydrogen-bond donors (Lipinski definition) is 2. The Morgan fingerprint density at radius 1 is 0.966 bits per heavy atom.